The largest absolute Gasteiger partial charge is 0.435 e. The van der Waals surface area contributed by atoms with Crippen LogP contribution in [0, 0.1) is 0 Å². The fraction of sp³-hybridized carbons (Fsp3) is 0.231. The van der Waals surface area contributed by atoms with Gasteiger partial charge >= 0.3 is 6.61 Å². The van der Waals surface area contributed by atoms with E-state index < -0.39 is 6.61 Å². The highest BCUT2D eigenvalue weighted by Crippen LogP contribution is 2.25. The predicted octanol–water partition coefficient (Wildman–Crippen LogP) is 4.04. The lowest BCUT2D eigenvalue weighted by Gasteiger charge is -2.11. The molecule has 0 aliphatic carbocycles. The highest BCUT2D eigenvalue weighted by atomic mass is 35.5. The van der Waals surface area contributed by atoms with Crippen LogP contribution in [-0.4, -0.2) is 16.6 Å². The molecule has 0 aliphatic rings. The van der Waals surface area contributed by atoms with Crippen LogP contribution in [-0.2, 0) is 6.42 Å². The molecule has 0 fully saturated rings. The Morgan fingerprint density at radius 2 is 1.95 bits per heavy atom. The normalized spacial score (nSPS) is 10.7. The molecule has 0 aliphatic heterocycles. The molecule has 1 aromatic carbocycles. The Kier molecular flexibility index (Phi) is 4.68. The Bertz CT molecular complexity index is 578. The molecule has 1 N–H and O–H groups in total. The van der Waals surface area contributed by atoms with Gasteiger partial charge in [0.1, 0.15) is 23.0 Å². The molecule has 106 valence electrons. The molecule has 7 heteroatoms. The summed E-state index contributed by atoms with van der Waals surface area (Å²) in [5, 5.41) is 3.46. The first-order chi connectivity index (χ1) is 9.60. The van der Waals surface area contributed by atoms with Gasteiger partial charge in [0, 0.05) is 11.3 Å². The van der Waals surface area contributed by atoms with Crippen molar-refractivity contribution in [3.8, 4) is 5.75 Å². The quantitative estimate of drug-likeness (QED) is 0.847. The second-order valence-corrected chi connectivity index (χ2v) is 4.23. The minimum absolute atomic E-state index is 0.0991. The molecule has 0 atom stereocenters. The molecule has 2 aromatic rings. The third-order valence-electron chi connectivity index (χ3n) is 2.59. The Morgan fingerprint density at radius 1 is 1.25 bits per heavy atom. The first-order valence-corrected chi connectivity index (χ1v) is 6.29. The first kappa shape index (κ1) is 14.5. The van der Waals surface area contributed by atoms with Crippen LogP contribution in [0.15, 0.2) is 30.6 Å². The monoisotopic (exact) mass is 299 g/mol. The van der Waals surface area contributed by atoms with Gasteiger partial charge in [-0.1, -0.05) is 18.5 Å². The molecule has 0 radical (unpaired) electrons. The molecular formula is C13H12ClF2N3O. The van der Waals surface area contributed by atoms with Crippen molar-refractivity contribution < 1.29 is 13.5 Å². The van der Waals surface area contributed by atoms with Gasteiger partial charge in [0.25, 0.3) is 0 Å². The average molecular weight is 300 g/mol. The number of anilines is 2. The number of nitrogens with zero attached hydrogens (tertiary/aromatic N) is 2. The molecule has 0 bridgehead atoms. The molecule has 0 spiro atoms. The van der Waals surface area contributed by atoms with Crippen LogP contribution in [0.1, 0.15) is 12.5 Å². The summed E-state index contributed by atoms with van der Waals surface area (Å²) in [7, 11) is 0. The smallest absolute Gasteiger partial charge is 0.387 e. The molecular weight excluding hydrogens is 288 g/mol. The van der Waals surface area contributed by atoms with E-state index in [1.807, 2.05) is 6.92 Å². The van der Waals surface area contributed by atoms with E-state index in [4.69, 9.17) is 11.6 Å². The minimum atomic E-state index is -2.83. The van der Waals surface area contributed by atoms with Crippen LogP contribution in [0.5, 0.6) is 5.75 Å². The third kappa shape index (κ3) is 3.54. The molecule has 0 amide bonds. The summed E-state index contributed by atoms with van der Waals surface area (Å²) in [5.74, 6) is 0.692. The number of ether oxygens (including phenoxy) is 1. The van der Waals surface area contributed by atoms with Crippen LogP contribution in [0.2, 0.25) is 5.15 Å². The lowest BCUT2D eigenvalue weighted by Crippen LogP contribution is -2.02. The second kappa shape index (κ2) is 6.47. The highest BCUT2D eigenvalue weighted by molar-refractivity contribution is 6.30. The molecule has 4 nitrogen and oxygen atoms in total. The van der Waals surface area contributed by atoms with Crippen LogP contribution in [0.3, 0.4) is 0 Å². The first-order valence-electron chi connectivity index (χ1n) is 5.91. The highest BCUT2D eigenvalue weighted by Gasteiger charge is 2.08. The van der Waals surface area contributed by atoms with Crippen LogP contribution in [0.4, 0.5) is 20.3 Å². The number of hydrogen-bond donors (Lipinski definition) is 1. The molecule has 1 heterocycles. The molecule has 0 saturated carbocycles. The summed E-state index contributed by atoms with van der Waals surface area (Å²) in [5.41, 5.74) is 1.48. The lowest BCUT2D eigenvalue weighted by atomic mass is 10.2. The standard InChI is InChI=1S/C13H12ClF2N3O/c1-2-10-11(14)17-7-18-12(10)19-8-3-5-9(6-4-8)20-13(15)16/h3-7,13H,2H2,1H3,(H,17,18,19). The zero-order valence-electron chi connectivity index (χ0n) is 10.6. The summed E-state index contributed by atoms with van der Waals surface area (Å²) in [6.45, 7) is -0.892. The number of nitrogens with one attached hydrogen (secondary N) is 1. The van der Waals surface area contributed by atoms with Gasteiger partial charge in [-0.2, -0.15) is 8.78 Å². The fourth-order valence-corrected chi connectivity index (χ4v) is 1.94. The Balaban J connectivity index is 2.16. The van der Waals surface area contributed by atoms with Crippen molar-refractivity contribution in [3.05, 3.63) is 41.3 Å². The molecule has 2 rings (SSSR count). The number of aromatic nitrogens is 2. The van der Waals surface area contributed by atoms with Gasteiger partial charge in [-0.25, -0.2) is 9.97 Å². The number of rotatable bonds is 5. The number of halogens is 3. The minimum Gasteiger partial charge on any atom is -0.435 e. The van der Waals surface area contributed by atoms with Gasteiger partial charge in [0.05, 0.1) is 0 Å². The number of alkyl halides is 2. The third-order valence-corrected chi connectivity index (χ3v) is 2.91. The van der Waals surface area contributed by atoms with Gasteiger partial charge in [-0.3, -0.25) is 0 Å². The van der Waals surface area contributed by atoms with Crippen molar-refractivity contribution >= 4 is 23.1 Å². The van der Waals surface area contributed by atoms with E-state index in [0.717, 1.165) is 5.56 Å². The van der Waals surface area contributed by atoms with E-state index in [1.165, 1.54) is 18.5 Å². The van der Waals surface area contributed by atoms with Crippen LogP contribution < -0.4 is 10.1 Å². The van der Waals surface area contributed by atoms with E-state index in [9.17, 15) is 8.78 Å². The Hall–Kier alpha value is -1.95. The number of hydrogen-bond acceptors (Lipinski definition) is 4. The lowest BCUT2D eigenvalue weighted by molar-refractivity contribution is -0.0498. The van der Waals surface area contributed by atoms with Crippen molar-refractivity contribution in [2.75, 3.05) is 5.32 Å². The summed E-state index contributed by atoms with van der Waals surface area (Å²) in [4.78, 5) is 8.03. The van der Waals surface area contributed by atoms with Crippen LogP contribution in [0.25, 0.3) is 0 Å². The summed E-state index contributed by atoms with van der Waals surface area (Å²) in [6.07, 6.45) is 2.03. The molecule has 0 saturated heterocycles. The van der Waals surface area contributed by atoms with E-state index in [1.54, 1.807) is 12.1 Å². The van der Waals surface area contributed by atoms with Crippen molar-refractivity contribution in [3.63, 3.8) is 0 Å². The second-order valence-electron chi connectivity index (χ2n) is 3.87. The maximum atomic E-state index is 12.0. The Morgan fingerprint density at radius 3 is 2.55 bits per heavy atom. The molecule has 20 heavy (non-hydrogen) atoms. The van der Waals surface area contributed by atoms with Crippen molar-refractivity contribution in [2.24, 2.45) is 0 Å². The number of benzene rings is 1. The zero-order chi connectivity index (χ0) is 14.5. The summed E-state index contributed by atoms with van der Waals surface area (Å²) in [6, 6.07) is 6.13. The van der Waals surface area contributed by atoms with Crippen molar-refractivity contribution in [1.29, 1.82) is 0 Å². The predicted molar refractivity (Wildman–Crippen MR) is 72.8 cm³/mol. The van der Waals surface area contributed by atoms with Crippen molar-refractivity contribution in [2.45, 2.75) is 20.0 Å². The fourth-order valence-electron chi connectivity index (χ4n) is 1.67. The van der Waals surface area contributed by atoms with Crippen molar-refractivity contribution in [1.82, 2.24) is 9.97 Å². The summed E-state index contributed by atoms with van der Waals surface area (Å²) < 4.78 is 28.4. The van der Waals surface area contributed by atoms with Gasteiger partial charge < -0.3 is 10.1 Å². The molecule has 1 aromatic heterocycles. The average Bonchev–Trinajstić information content (AvgIpc) is 2.41. The topological polar surface area (TPSA) is 47.0 Å². The Labute approximate surface area is 119 Å². The SMILES string of the molecule is CCc1c(Cl)ncnc1Nc1ccc(OC(F)F)cc1. The van der Waals surface area contributed by atoms with Crippen LogP contribution >= 0.6 is 11.6 Å². The zero-order valence-corrected chi connectivity index (χ0v) is 11.4. The maximum absolute atomic E-state index is 12.0. The van der Waals surface area contributed by atoms with E-state index >= 15 is 0 Å². The van der Waals surface area contributed by atoms with E-state index in [0.29, 0.717) is 23.1 Å². The van der Waals surface area contributed by atoms with Gasteiger partial charge in [-0.15, -0.1) is 0 Å². The molecule has 0 unspecified atom stereocenters. The van der Waals surface area contributed by atoms with Gasteiger partial charge in [0.2, 0.25) is 0 Å². The van der Waals surface area contributed by atoms with E-state index in [2.05, 4.69) is 20.0 Å². The van der Waals surface area contributed by atoms with E-state index in [-0.39, 0.29) is 5.75 Å². The van der Waals surface area contributed by atoms with Gasteiger partial charge in [-0.05, 0) is 30.7 Å². The van der Waals surface area contributed by atoms with Gasteiger partial charge in [0.15, 0.2) is 0 Å². The maximum Gasteiger partial charge on any atom is 0.387 e. The summed E-state index contributed by atoms with van der Waals surface area (Å²) >= 11 is 5.98.